The number of amides is 2. The molecule has 0 radical (unpaired) electrons. The number of nitrogens with zero attached hydrogens (tertiary/aromatic N) is 2. The first kappa shape index (κ1) is 23.5. The standard InChI is InChI=1S/C16H14ClF3N4O5S/c1-15(27,16(18,19)20)13(26)23-11-4-3-9(7-10(11)17)30(28,29)8-12(25)24-14-21-5-2-6-22-14/h2-7,27H,8H2,1H3,(H,23,26)(H,21,22,24,25). The molecule has 14 heteroatoms. The minimum atomic E-state index is -5.25. The first-order chi connectivity index (χ1) is 13.7. The van der Waals surface area contributed by atoms with Crippen LogP contribution in [0.2, 0.25) is 5.02 Å². The van der Waals surface area contributed by atoms with E-state index in [2.05, 4.69) is 15.3 Å². The second-order valence-corrected chi connectivity index (χ2v) is 8.44. The molecule has 30 heavy (non-hydrogen) atoms. The highest BCUT2D eigenvalue weighted by molar-refractivity contribution is 7.92. The van der Waals surface area contributed by atoms with Crippen molar-refractivity contribution in [2.24, 2.45) is 0 Å². The SMILES string of the molecule is CC(O)(C(=O)Nc1ccc(S(=O)(=O)CC(=O)Nc2ncccn2)cc1Cl)C(F)(F)F. The van der Waals surface area contributed by atoms with Gasteiger partial charge in [0.1, 0.15) is 5.75 Å². The molecule has 1 aromatic heterocycles. The first-order valence-electron chi connectivity index (χ1n) is 7.94. The van der Waals surface area contributed by atoms with E-state index in [4.69, 9.17) is 11.6 Å². The number of hydrogen-bond donors (Lipinski definition) is 3. The van der Waals surface area contributed by atoms with E-state index >= 15 is 0 Å². The van der Waals surface area contributed by atoms with Crippen LogP contribution in [0.1, 0.15) is 6.92 Å². The summed E-state index contributed by atoms with van der Waals surface area (Å²) in [5, 5.41) is 12.9. The van der Waals surface area contributed by atoms with Gasteiger partial charge in [-0.2, -0.15) is 13.2 Å². The van der Waals surface area contributed by atoms with Gasteiger partial charge in [0.25, 0.3) is 5.91 Å². The number of alkyl halides is 3. The monoisotopic (exact) mass is 466 g/mol. The number of aliphatic hydroxyl groups is 1. The maximum atomic E-state index is 12.7. The van der Waals surface area contributed by atoms with Crippen molar-refractivity contribution in [3.8, 4) is 0 Å². The van der Waals surface area contributed by atoms with Gasteiger partial charge in [0.15, 0.2) is 9.84 Å². The summed E-state index contributed by atoms with van der Waals surface area (Å²) in [6, 6.07) is 4.20. The molecule has 9 nitrogen and oxygen atoms in total. The van der Waals surface area contributed by atoms with Gasteiger partial charge in [0.05, 0.1) is 15.6 Å². The van der Waals surface area contributed by atoms with Crippen LogP contribution in [0.5, 0.6) is 0 Å². The lowest BCUT2D eigenvalue weighted by molar-refractivity contribution is -0.242. The van der Waals surface area contributed by atoms with Crippen LogP contribution >= 0.6 is 11.6 Å². The van der Waals surface area contributed by atoms with Crippen molar-refractivity contribution in [1.82, 2.24) is 9.97 Å². The fourth-order valence-corrected chi connectivity index (χ4v) is 3.39. The highest BCUT2D eigenvalue weighted by Crippen LogP contribution is 2.32. The summed E-state index contributed by atoms with van der Waals surface area (Å²) in [4.78, 5) is 30.6. The number of halogens is 4. The fourth-order valence-electron chi connectivity index (χ4n) is 1.94. The number of aromatic nitrogens is 2. The number of rotatable bonds is 6. The number of hydrogen-bond acceptors (Lipinski definition) is 7. The van der Waals surface area contributed by atoms with Crippen molar-refractivity contribution in [1.29, 1.82) is 0 Å². The van der Waals surface area contributed by atoms with Crippen LogP contribution in [-0.2, 0) is 19.4 Å². The van der Waals surface area contributed by atoms with E-state index in [0.717, 1.165) is 18.2 Å². The quantitative estimate of drug-likeness (QED) is 0.590. The van der Waals surface area contributed by atoms with Crippen molar-refractivity contribution < 1.29 is 36.3 Å². The molecular weight excluding hydrogens is 453 g/mol. The van der Waals surface area contributed by atoms with Gasteiger partial charge in [0, 0.05) is 12.4 Å². The number of benzene rings is 1. The third-order valence-electron chi connectivity index (χ3n) is 3.68. The summed E-state index contributed by atoms with van der Waals surface area (Å²) in [6.45, 7) is 0.254. The number of nitrogens with one attached hydrogen (secondary N) is 2. The van der Waals surface area contributed by atoms with Crippen molar-refractivity contribution in [3.05, 3.63) is 41.7 Å². The van der Waals surface area contributed by atoms with Gasteiger partial charge in [0.2, 0.25) is 17.5 Å². The van der Waals surface area contributed by atoms with Crippen molar-refractivity contribution in [2.45, 2.75) is 23.6 Å². The molecule has 0 saturated heterocycles. The van der Waals surface area contributed by atoms with E-state index in [1.807, 2.05) is 0 Å². The lowest BCUT2D eigenvalue weighted by atomic mass is 10.1. The Balaban J connectivity index is 2.15. The van der Waals surface area contributed by atoms with Gasteiger partial charge in [-0.25, -0.2) is 18.4 Å². The second-order valence-electron chi connectivity index (χ2n) is 6.05. The Bertz CT molecular complexity index is 1060. The van der Waals surface area contributed by atoms with Crippen LogP contribution in [0.15, 0.2) is 41.6 Å². The summed E-state index contributed by atoms with van der Waals surface area (Å²) in [7, 11) is -4.19. The van der Waals surface area contributed by atoms with Crippen LogP contribution in [0.4, 0.5) is 24.8 Å². The predicted molar refractivity (Wildman–Crippen MR) is 99.5 cm³/mol. The Morgan fingerprint density at radius 2 is 1.77 bits per heavy atom. The molecule has 2 amide bonds. The Hall–Kier alpha value is -2.77. The zero-order valence-corrected chi connectivity index (χ0v) is 16.6. The molecule has 2 aromatic rings. The Labute approximate surface area is 173 Å². The van der Waals surface area contributed by atoms with Gasteiger partial charge < -0.3 is 10.4 Å². The highest BCUT2D eigenvalue weighted by atomic mass is 35.5. The highest BCUT2D eigenvalue weighted by Gasteiger charge is 2.55. The molecular formula is C16H14ClF3N4O5S. The number of carbonyl (C=O) groups excluding carboxylic acids is 2. The number of anilines is 2. The maximum Gasteiger partial charge on any atom is 0.426 e. The average Bonchev–Trinajstić information content (AvgIpc) is 2.62. The van der Waals surface area contributed by atoms with E-state index in [1.165, 1.54) is 18.5 Å². The Kier molecular flexibility index (Phi) is 6.69. The Morgan fingerprint density at radius 3 is 2.30 bits per heavy atom. The summed E-state index contributed by atoms with van der Waals surface area (Å²) in [5.74, 6) is -3.84. The summed E-state index contributed by atoms with van der Waals surface area (Å²) < 4.78 is 62.9. The molecule has 0 aliphatic carbocycles. The molecule has 0 aliphatic rings. The molecule has 3 N–H and O–H groups in total. The maximum absolute atomic E-state index is 12.7. The van der Waals surface area contributed by atoms with E-state index < -0.39 is 49.1 Å². The lowest BCUT2D eigenvalue weighted by Gasteiger charge is -2.25. The van der Waals surface area contributed by atoms with Gasteiger partial charge in [-0.05, 0) is 31.2 Å². The molecule has 1 atom stereocenters. The minimum absolute atomic E-state index is 0.106. The molecule has 0 fully saturated rings. The molecule has 0 spiro atoms. The van der Waals surface area contributed by atoms with Crippen molar-refractivity contribution in [3.63, 3.8) is 0 Å². The predicted octanol–water partition coefficient (Wildman–Crippen LogP) is 1.79. The molecule has 1 heterocycles. The molecule has 0 bridgehead atoms. The van der Waals surface area contributed by atoms with Crippen molar-refractivity contribution in [2.75, 3.05) is 16.4 Å². The second kappa shape index (κ2) is 8.53. The largest absolute Gasteiger partial charge is 0.426 e. The summed E-state index contributed by atoms with van der Waals surface area (Å²) >= 11 is 5.85. The van der Waals surface area contributed by atoms with Crippen LogP contribution < -0.4 is 10.6 Å². The van der Waals surface area contributed by atoms with Crippen LogP contribution in [-0.4, -0.2) is 52.8 Å². The number of sulfone groups is 1. The van der Waals surface area contributed by atoms with Gasteiger partial charge in [-0.3, -0.25) is 14.9 Å². The Morgan fingerprint density at radius 1 is 1.17 bits per heavy atom. The topological polar surface area (TPSA) is 138 Å². The van der Waals surface area contributed by atoms with E-state index in [9.17, 15) is 36.3 Å². The average molecular weight is 467 g/mol. The molecule has 0 aliphatic heterocycles. The zero-order valence-electron chi connectivity index (χ0n) is 15.1. The van der Waals surface area contributed by atoms with Crippen LogP contribution in [0, 0.1) is 0 Å². The van der Waals surface area contributed by atoms with Crippen LogP contribution in [0.25, 0.3) is 0 Å². The smallest absolute Gasteiger partial charge is 0.373 e. The summed E-state index contributed by atoms with van der Waals surface area (Å²) in [5.41, 5.74) is -4.06. The normalized spacial score (nSPS) is 13.9. The molecule has 1 unspecified atom stereocenters. The molecule has 0 saturated carbocycles. The minimum Gasteiger partial charge on any atom is -0.373 e. The fraction of sp³-hybridized carbons (Fsp3) is 0.250. The van der Waals surface area contributed by atoms with E-state index in [1.54, 1.807) is 5.32 Å². The van der Waals surface area contributed by atoms with E-state index in [-0.39, 0.29) is 18.6 Å². The molecule has 2 rings (SSSR count). The molecule has 162 valence electrons. The van der Waals surface area contributed by atoms with Crippen molar-refractivity contribution >= 4 is 44.9 Å². The van der Waals surface area contributed by atoms with Gasteiger partial charge in [-0.1, -0.05) is 11.6 Å². The lowest BCUT2D eigenvalue weighted by Crippen LogP contribution is -2.52. The first-order valence-corrected chi connectivity index (χ1v) is 9.97. The third kappa shape index (κ3) is 5.43. The zero-order chi connectivity index (χ0) is 22.7. The number of carbonyl (C=O) groups is 2. The van der Waals surface area contributed by atoms with Crippen LogP contribution in [0.3, 0.4) is 0 Å². The van der Waals surface area contributed by atoms with E-state index in [0.29, 0.717) is 0 Å². The molecule has 1 aromatic carbocycles. The van der Waals surface area contributed by atoms with Gasteiger partial charge in [-0.15, -0.1) is 0 Å². The summed E-state index contributed by atoms with van der Waals surface area (Å²) in [6.07, 6.45) is -2.58. The third-order valence-corrected chi connectivity index (χ3v) is 5.61. The van der Waals surface area contributed by atoms with Gasteiger partial charge >= 0.3 is 6.18 Å².